The third kappa shape index (κ3) is 5.16. The summed E-state index contributed by atoms with van der Waals surface area (Å²) in [5.41, 5.74) is 1.97. The molecule has 1 amide bonds. The third-order valence-electron chi connectivity index (χ3n) is 4.38. The van der Waals surface area contributed by atoms with E-state index < -0.39 is 0 Å². The molecule has 2 aromatic rings. The van der Waals surface area contributed by atoms with Crippen LogP contribution in [0.15, 0.2) is 30.3 Å². The van der Waals surface area contributed by atoms with E-state index in [0.29, 0.717) is 16.7 Å². The minimum absolute atomic E-state index is 0.128. The van der Waals surface area contributed by atoms with Crippen LogP contribution in [-0.2, 0) is 0 Å². The van der Waals surface area contributed by atoms with Crippen LogP contribution in [0.25, 0.3) is 0 Å². The Kier molecular flexibility index (Phi) is 5.87. The molecule has 3 rings (SSSR count). The molecule has 25 heavy (non-hydrogen) atoms. The van der Waals surface area contributed by atoms with E-state index in [4.69, 9.17) is 11.6 Å². The van der Waals surface area contributed by atoms with E-state index in [-0.39, 0.29) is 11.9 Å². The lowest BCUT2D eigenvalue weighted by molar-refractivity contribution is 0.0928. The summed E-state index contributed by atoms with van der Waals surface area (Å²) in [5.74, 6) is 0.282. The minimum Gasteiger partial charge on any atom is -0.348 e. The lowest BCUT2D eigenvalue weighted by Crippen LogP contribution is -2.35. The van der Waals surface area contributed by atoms with E-state index in [0.717, 1.165) is 24.2 Å². The SMILES string of the molecule is Cc1cc(C(=O)NC2CCCCCC2)nc(Nc2ccc(Cl)cc2)n1. The molecule has 1 fully saturated rings. The van der Waals surface area contributed by atoms with Crippen molar-refractivity contribution in [3.8, 4) is 0 Å². The highest BCUT2D eigenvalue weighted by molar-refractivity contribution is 6.30. The first-order chi connectivity index (χ1) is 12.1. The average Bonchev–Trinajstić information content (AvgIpc) is 2.85. The normalized spacial score (nSPS) is 15.4. The van der Waals surface area contributed by atoms with Gasteiger partial charge in [0.2, 0.25) is 5.95 Å². The number of amides is 1. The number of anilines is 2. The molecule has 1 aliphatic rings. The van der Waals surface area contributed by atoms with Crippen molar-refractivity contribution in [3.05, 3.63) is 46.7 Å². The number of halogens is 1. The number of benzene rings is 1. The van der Waals surface area contributed by atoms with Gasteiger partial charge in [-0.05, 0) is 50.1 Å². The second-order valence-corrected chi connectivity index (χ2v) is 6.95. The van der Waals surface area contributed by atoms with Crippen LogP contribution >= 0.6 is 11.6 Å². The van der Waals surface area contributed by atoms with Crippen molar-refractivity contribution in [2.24, 2.45) is 0 Å². The highest BCUT2D eigenvalue weighted by Crippen LogP contribution is 2.19. The molecule has 0 spiro atoms. The van der Waals surface area contributed by atoms with Crippen molar-refractivity contribution in [2.45, 2.75) is 51.5 Å². The topological polar surface area (TPSA) is 66.9 Å². The number of aryl methyl sites for hydroxylation is 1. The lowest BCUT2D eigenvalue weighted by atomic mass is 10.1. The lowest BCUT2D eigenvalue weighted by Gasteiger charge is -2.16. The average molecular weight is 359 g/mol. The van der Waals surface area contributed by atoms with Crippen LogP contribution in [0.4, 0.5) is 11.6 Å². The molecule has 0 aliphatic heterocycles. The van der Waals surface area contributed by atoms with E-state index in [1.54, 1.807) is 18.2 Å². The Labute approximate surface area is 153 Å². The maximum Gasteiger partial charge on any atom is 0.270 e. The zero-order chi connectivity index (χ0) is 17.6. The number of hydrogen-bond donors (Lipinski definition) is 2. The molecular formula is C19H23ClN4O. The van der Waals surface area contributed by atoms with Gasteiger partial charge in [-0.3, -0.25) is 4.79 Å². The standard InChI is InChI=1S/C19H23ClN4O/c1-13-12-17(18(25)22-15-6-4-2-3-5-7-15)24-19(21-13)23-16-10-8-14(20)9-11-16/h8-12,15H,2-7H2,1H3,(H,22,25)(H,21,23,24). The first kappa shape index (κ1) is 17.7. The quantitative estimate of drug-likeness (QED) is 0.781. The third-order valence-corrected chi connectivity index (χ3v) is 4.63. The van der Waals surface area contributed by atoms with Gasteiger partial charge in [-0.1, -0.05) is 37.3 Å². The van der Waals surface area contributed by atoms with E-state index in [2.05, 4.69) is 20.6 Å². The number of rotatable bonds is 4. The molecule has 0 bridgehead atoms. The second-order valence-electron chi connectivity index (χ2n) is 6.51. The predicted octanol–water partition coefficient (Wildman–Crippen LogP) is 4.63. The monoisotopic (exact) mass is 358 g/mol. The van der Waals surface area contributed by atoms with Crippen molar-refractivity contribution >= 4 is 29.1 Å². The van der Waals surface area contributed by atoms with Crippen molar-refractivity contribution in [1.82, 2.24) is 15.3 Å². The summed E-state index contributed by atoms with van der Waals surface area (Å²) in [6, 6.07) is 9.24. The van der Waals surface area contributed by atoms with Crippen molar-refractivity contribution < 1.29 is 4.79 Å². The first-order valence-electron chi connectivity index (χ1n) is 8.79. The van der Waals surface area contributed by atoms with Crippen LogP contribution in [0.2, 0.25) is 5.02 Å². The van der Waals surface area contributed by atoms with E-state index in [1.165, 1.54) is 25.7 Å². The minimum atomic E-state index is -0.128. The number of carbonyl (C=O) groups is 1. The van der Waals surface area contributed by atoms with Gasteiger partial charge in [0.1, 0.15) is 5.69 Å². The number of nitrogens with one attached hydrogen (secondary N) is 2. The van der Waals surface area contributed by atoms with Gasteiger partial charge < -0.3 is 10.6 Å². The fraction of sp³-hybridized carbons (Fsp3) is 0.421. The molecule has 0 atom stereocenters. The van der Waals surface area contributed by atoms with Gasteiger partial charge in [-0.2, -0.15) is 0 Å². The van der Waals surface area contributed by atoms with Crippen molar-refractivity contribution in [3.63, 3.8) is 0 Å². The fourth-order valence-corrected chi connectivity index (χ4v) is 3.21. The molecule has 1 aliphatic carbocycles. The van der Waals surface area contributed by atoms with Gasteiger partial charge in [0.25, 0.3) is 5.91 Å². The Morgan fingerprint density at radius 3 is 2.44 bits per heavy atom. The molecule has 132 valence electrons. The molecule has 5 nitrogen and oxygen atoms in total. The Morgan fingerprint density at radius 2 is 1.76 bits per heavy atom. The van der Waals surface area contributed by atoms with E-state index in [9.17, 15) is 4.79 Å². The van der Waals surface area contributed by atoms with Gasteiger partial charge in [-0.15, -0.1) is 0 Å². The molecule has 6 heteroatoms. The highest BCUT2D eigenvalue weighted by atomic mass is 35.5. The Morgan fingerprint density at radius 1 is 1.08 bits per heavy atom. The summed E-state index contributed by atoms with van der Waals surface area (Å²) in [6.07, 6.45) is 6.97. The summed E-state index contributed by atoms with van der Waals surface area (Å²) in [5, 5.41) is 6.91. The second kappa shape index (κ2) is 8.30. The maximum atomic E-state index is 12.6. The van der Waals surface area contributed by atoms with E-state index >= 15 is 0 Å². The smallest absolute Gasteiger partial charge is 0.270 e. The molecule has 1 heterocycles. The largest absolute Gasteiger partial charge is 0.348 e. The van der Waals surface area contributed by atoms with E-state index in [1.807, 2.05) is 19.1 Å². The molecular weight excluding hydrogens is 336 g/mol. The molecule has 0 unspecified atom stereocenters. The number of hydrogen-bond acceptors (Lipinski definition) is 4. The Hall–Kier alpha value is -2.14. The summed E-state index contributed by atoms with van der Waals surface area (Å²) in [6.45, 7) is 1.86. The molecule has 2 N–H and O–H groups in total. The Balaban J connectivity index is 1.71. The van der Waals surface area contributed by atoms with Crippen LogP contribution in [0, 0.1) is 6.92 Å². The van der Waals surface area contributed by atoms with Gasteiger partial charge in [0, 0.05) is 22.4 Å². The maximum absolute atomic E-state index is 12.6. The van der Waals surface area contributed by atoms with Gasteiger partial charge in [-0.25, -0.2) is 9.97 Å². The molecule has 0 radical (unpaired) electrons. The molecule has 0 saturated heterocycles. The van der Waals surface area contributed by atoms with Crippen LogP contribution in [0.5, 0.6) is 0 Å². The van der Waals surface area contributed by atoms with Crippen LogP contribution < -0.4 is 10.6 Å². The van der Waals surface area contributed by atoms with Gasteiger partial charge in [0.05, 0.1) is 0 Å². The fourth-order valence-electron chi connectivity index (χ4n) is 3.09. The predicted molar refractivity (Wildman–Crippen MR) is 100 cm³/mol. The number of carbonyl (C=O) groups excluding carboxylic acids is 1. The zero-order valence-electron chi connectivity index (χ0n) is 14.4. The summed E-state index contributed by atoms with van der Waals surface area (Å²) in [4.78, 5) is 21.3. The zero-order valence-corrected chi connectivity index (χ0v) is 15.1. The Bertz CT molecular complexity index is 725. The summed E-state index contributed by atoms with van der Waals surface area (Å²) >= 11 is 5.90. The van der Waals surface area contributed by atoms with Gasteiger partial charge >= 0.3 is 0 Å². The number of nitrogens with zero attached hydrogens (tertiary/aromatic N) is 2. The van der Waals surface area contributed by atoms with Crippen molar-refractivity contribution in [1.29, 1.82) is 0 Å². The molecule has 1 saturated carbocycles. The summed E-state index contributed by atoms with van der Waals surface area (Å²) < 4.78 is 0. The first-order valence-corrected chi connectivity index (χ1v) is 9.17. The van der Waals surface area contributed by atoms with Crippen LogP contribution in [-0.4, -0.2) is 21.9 Å². The molecule has 1 aromatic carbocycles. The van der Waals surface area contributed by atoms with Crippen LogP contribution in [0.3, 0.4) is 0 Å². The molecule has 1 aromatic heterocycles. The van der Waals surface area contributed by atoms with Gasteiger partial charge in [0.15, 0.2) is 0 Å². The summed E-state index contributed by atoms with van der Waals surface area (Å²) in [7, 11) is 0. The number of aromatic nitrogens is 2. The van der Waals surface area contributed by atoms with Crippen LogP contribution in [0.1, 0.15) is 54.7 Å². The van der Waals surface area contributed by atoms with Crippen molar-refractivity contribution in [2.75, 3.05) is 5.32 Å². The highest BCUT2D eigenvalue weighted by Gasteiger charge is 2.17.